The SMILES string of the molecule is CCNC(=NCC(C)Oc1ccc(Cl)cc1)NCC1CCCN(C)C1. The van der Waals surface area contributed by atoms with Gasteiger partial charge in [-0.2, -0.15) is 0 Å². The van der Waals surface area contributed by atoms with Gasteiger partial charge in [-0.25, -0.2) is 4.99 Å². The Morgan fingerprint density at radius 2 is 2.12 bits per heavy atom. The Kier molecular flexibility index (Phi) is 8.35. The van der Waals surface area contributed by atoms with Gasteiger partial charge < -0.3 is 20.3 Å². The van der Waals surface area contributed by atoms with Crippen LogP contribution in [0.5, 0.6) is 5.75 Å². The number of nitrogens with one attached hydrogen (secondary N) is 2. The number of guanidine groups is 1. The van der Waals surface area contributed by atoms with Gasteiger partial charge in [0.15, 0.2) is 5.96 Å². The molecule has 0 bridgehead atoms. The lowest BCUT2D eigenvalue weighted by molar-refractivity contribution is 0.210. The molecule has 1 aromatic carbocycles. The van der Waals surface area contributed by atoms with Crippen LogP contribution in [0.25, 0.3) is 0 Å². The summed E-state index contributed by atoms with van der Waals surface area (Å²) in [6, 6.07) is 7.43. The van der Waals surface area contributed by atoms with Crippen LogP contribution in [-0.4, -0.2) is 56.7 Å². The number of aliphatic imine (C=N–C) groups is 1. The van der Waals surface area contributed by atoms with Gasteiger partial charge in [-0.1, -0.05) is 11.6 Å². The molecule has 0 aromatic heterocycles. The summed E-state index contributed by atoms with van der Waals surface area (Å²) in [5, 5.41) is 7.50. The molecule has 5 nitrogen and oxygen atoms in total. The van der Waals surface area contributed by atoms with Crippen LogP contribution in [0.1, 0.15) is 26.7 Å². The molecule has 1 aliphatic rings. The highest BCUT2D eigenvalue weighted by Gasteiger charge is 2.17. The van der Waals surface area contributed by atoms with Crippen LogP contribution in [-0.2, 0) is 0 Å². The van der Waals surface area contributed by atoms with E-state index in [1.165, 1.54) is 19.4 Å². The number of ether oxygens (including phenoxy) is 1. The summed E-state index contributed by atoms with van der Waals surface area (Å²) in [5.74, 6) is 2.36. The molecule has 1 fully saturated rings. The van der Waals surface area contributed by atoms with Crippen LogP contribution < -0.4 is 15.4 Å². The van der Waals surface area contributed by atoms with E-state index in [2.05, 4.69) is 34.5 Å². The lowest BCUT2D eigenvalue weighted by Crippen LogP contribution is -2.43. The fraction of sp³-hybridized carbons (Fsp3) is 0.632. The molecule has 0 aliphatic carbocycles. The molecule has 0 saturated carbocycles. The van der Waals surface area contributed by atoms with Crippen molar-refractivity contribution in [2.75, 3.05) is 39.8 Å². The minimum atomic E-state index is -0.00237. The second-order valence-corrected chi connectivity index (χ2v) is 7.19. The Balaban J connectivity index is 1.80. The molecule has 2 unspecified atom stereocenters. The third-order valence-corrected chi connectivity index (χ3v) is 4.53. The molecule has 1 aromatic rings. The van der Waals surface area contributed by atoms with E-state index in [0.717, 1.165) is 31.3 Å². The first-order valence-electron chi connectivity index (χ1n) is 9.19. The number of nitrogens with zero attached hydrogens (tertiary/aromatic N) is 2. The molecule has 6 heteroatoms. The Labute approximate surface area is 156 Å². The Hall–Kier alpha value is -1.46. The summed E-state index contributed by atoms with van der Waals surface area (Å²) in [7, 11) is 2.20. The van der Waals surface area contributed by atoms with Crippen molar-refractivity contribution in [1.82, 2.24) is 15.5 Å². The van der Waals surface area contributed by atoms with Crippen molar-refractivity contribution in [2.24, 2.45) is 10.9 Å². The van der Waals surface area contributed by atoms with Gasteiger partial charge >= 0.3 is 0 Å². The van der Waals surface area contributed by atoms with Crippen LogP contribution in [0.15, 0.2) is 29.3 Å². The monoisotopic (exact) mass is 366 g/mol. The third kappa shape index (κ3) is 7.53. The summed E-state index contributed by atoms with van der Waals surface area (Å²) in [4.78, 5) is 7.06. The Morgan fingerprint density at radius 3 is 2.80 bits per heavy atom. The van der Waals surface area contributed by atoms with Crippen molar-refractivity contribution in [3.63, 3.8) is 0 Å². The van der Waals surface area contributed by atoms with Crippen molar-refractivity contribution in [3.05, 3.63) is 29.3 Å². The predicted molar refractivity (Wildman–Crippen MR) is 106 cm³/mol. The molecule has 2 atom stereocenters. The van der Waals surface area contributed by atoms with E-state index in [1.807, 2.05) is 31.2 Å². The largest absolute Gasteiger partial charge is 0.489 e. The fourth-order valence-electron chi connectivity index (χ4n) is 3.03. The van der Waals surface area contributed by atoms with Crippen LogP contribution in [0.2, 0.25) is 5.02 Å². The van der Waals surface area contributed by atoms with E-state index >= 15 is 0 Å². The minimum absolute atomic E-state index is 0.00237. The standard InChI is InChI=1S/C19H31ClN4O/c1-4-21-19(23-13-16-6-5-11-24(3)14-16)22-12-15(2)25-18-9-7-17(20)8-10-18/h7-10,15-16H,4-6,11-14H2,1-3H3,(H2,21,22,23). The van der Waals surface area contributed by atoms with Gasteiger partial charge in [0.05, 0.1) is 6.54 Å². The third-order valence-electron chi connectivity index (χ3n) is 4.28. The normalized spacial score (nSPS) is 20.2. The number of likely N-dealkylation sites (tertiary alicyclic amines) is 1. The van der Waals surface area contributed by atoms with E-state index in [4.69, 9.17) is 16.3 Å². The van der Waals surface area contributed by atoms with E-state index in [-0.39, 0.29) is 6.10 Å². The smallest absolute Gasteiger partial charge is 0.191 e. The lowest BCUT2D eigenvalue weighted by Gasteiger charge is -2.30. The summed E-state index contributed by atoms with van der Waals surface area (Å²) >= 11 is 5.90. The van der Waals surface area contributed by atoms with E-state index in [0.29, 0.717) is 17.5 Å². The van der Waals surface area contributed by atoms with Crippen molar-refractivity contribution >= 4 is 17.6 Å². The quantitative estimate of drug-likeness (QED) is 0.575. The van der Waals surface area contributed by atoms with Crippen molar-refractivity contribution in [3.8, 4) is 5.75 Å². The molecule has 0 spiro atoms. The second-order valence-electron chi connectivity index (χ2n) is 6.75. The number of halogens is 1. The van der Waals surface area contributed by atoms with Gasteiger partial charge in [0.25, 0.3) is 0 Å². The van der Waals surface area contributed by atoms with Crippen molar-refractivity contribution in [2.45, 2.75) is 32.8 Å². The second kappa shape index (κ2) is 10.5. The average molecular weight is 367 g/mol. The molecule has 25 heavy (non-hydrogen) atoms. The van der Waals surface area contributed by atoms with Gasteiger partial charge in [0.2, 0.25) is 0 Å². The molecule has 0 amide bonds. The highest BCUT2D eigenvalue weighted by atomic mass is 35.5. The lowest BCUT2D eigenvalue weighted by atomic mass is 9.99. The summed E-state index contributed by atoms with van der Waals surface area (Å²) in [5.41, 5.74) is 0. The van der Waals surface area contributed by atoms with Gasteiger partial charge in [-0.15, -0.1) is 0 Å². The van der Waals surface area contributed by atoms with E-state index in [1.54, 1.807) is 0 Å². The number of hydrogen-bond acceptors (Lipinski definition) is 3. The summed E-state index contributed by atoms with van der Waals surface area (Å²) < 4.78 is 5.88. The van der Waals surface area contributed by atoms with Crippen molar-refractivity contribution in [1.29, 1.82) is 0 Å². The highest BCUT2D eigenvalue weighted by Crippen LogP contribution is 2.17. The zero-order valence-corrected chi connectivity index (χ0v) is 16.4. The summed E-state index contributed by atoms with van der Waals surface area (Å²) in [6.07, 6.45) is 2.56. The van der Waals surface area contributed by atoms with Crippen LogP contribution in [0.3, 0.4) is 0 Å². The maximum absolute atomic E-state index is 5.90. The molecular formula is C19H31ClN4O. The molecular weight excluding hydrogens is 336 g/mol. The number of benzene rings is 1. The topological polar surface area (TPSA) is 48.9 Å². The maximum Gasteiger partial charge on any atom is 0.191 e. The Bertz CT molecular complexity index is 535. The van der Waals surface area contributed by atoms with Crippen LogP contribution in [0, 0.1) is 5.92 Å². The zero-order valence-electron chi connectivity index (χ0n) is 15.6. The fourth-order valence-corrected chi connectivity index (χ4v) is 3.15. The van der Waals surface area contributed by atoms with E-state index < -0.39 is 0 Å². The molecule has 1 saturated heterocycles. The predicted octanol–water partition coefficient (Wildman–Crippen LogP) is 3.00. The first-order valence-corrected chi connectivity index (χ1v) is 9.57. The van der Waals surface area contributed by atoms with Gasteiger partial charge in [0, 0.05) is 24.7 Å². The summed E-state index contributed by atoms with van der Waals surface area (Å²) in [6.45, 7) is 8.89. The molecule has 1 aliphatic heterocycles. The van der Waals surface area contributed by atoms with Crippen molar-refractivity contribution < 1.29 is 4.74 Å². The number of hydrogen-bond donors (Lipinski definition) is 2. The minimum Gasteiger partial charge on any atom is -0.489 e. The molecule has 140 valence electrons. The number of rotatable bonds is 7. The average Bonchev–Trinajstić information content (AvgIpc) is 2.59. The molecule has 2 N–H and O–H groups in total. The van der Waals surface area contributed by atoms with Gasteiger partial charge in [-0.05, 0) is 70.5 Å². The maximum atomic E-state index is 5.90. The first kappa shape index (κ1) is 19.9. The van der Waals surface area contributed by atoms with Crippen LogP contribution in [0.4, 0.5) is 0 Å². The first-order chi connectivity index (χ1) is 12.1. The van der Waals surface area contributed by atoms with Gasteiger partial charge in [-0.3, -0.25) is 0 Å². The Morgan fingerprint density at radius 1 is 1.36 bits per heavy atom. The highest BCUT2D eigenvalue weighted by molar-refractivity contribution is 6.30. The number of piperidine rings is 1. The molecule has 0 radical (unpaired) electrons. The van der Waals surface area contributed by atoms with Gasteiger partial charge in [0.1, 0.15) is 11.9 Å². The van der Waals surface area contributed by atoms with Crippen LogP contribution >= 0.6 is 11.6 Å². The molecule has 1 heterocycles. The zero-order chi connectivity index (χ0) is 18.1. The molecule has 2 rings (SSSR count). The van der Waals surface area contributed by atoms with E-state index in [9.17, 15) is 0 Å².